The van der Waals surface area contributed by atoms with E-state index in [1.807, 2.05) is 13.1 Å². The zero-order chi connectivity index (χ0) is 24.1. The molecular formula is C24H23FN6O3. The Labute approximate surface area is 195 Å². The molecule has 3 heterocycles. The molecule has 10 heteroatoms. The molecule has 0 radical (unpaired) electrons. The van der Waals surface area contributed by atoms with Gasteiger partial charge in [-0.3, -0.25) is 9.48 Å². The third kappa shape index (κ3) is 5.12. The van der Waals surface area contributed by atoms with Crippen LogP contribution in [0.15, 0.2) is 61.1 Å². The largest absolute Gasteiger partial charge is 0.481 e. The van der Waals surface area contributed by atoms with Crippen LogP contribution in [-0.4, -0.2) is 32.8 Å². The van der Waals surface area contributed by atoms with Crippen molar-refractivity contribution in [1.29, 1.82) is 0 Å². The van der Waals surface area contributed by atoms with Gasteiger partial charge >= 0.3 is 0 Å². The maximum absolute atomic E-state index is 13.5. The Morgan fingerprint density at radius 3 is 2.76 bits per heavy atom. The van der Waals surface area contributed by atoms with E-state index in [0.29, 0.717) is 34.0 Å². The Kier molecular flexibility index (Phi) is 6.67. The number of carbonyl (C=O) groups excluding carboxylic acids is 1. The number of aryl methyl sites for hydroxylation is 1. The van der Waals surface area contributed by atoms with Crippen molar-refractivity contribution >= 4 is 17.5 Å². The number of nitrogens with one attached hydrogen (secondary N) is 2. The van der Waals surface area contributed by atoms with E-state index < -0.39 is 5.82 Å². The highest BCUT2D eigenvalue weighted by molar-refractivity contribution is 5.96. The second-order valence-corrected chi connectivity index (χ2v) is 7.38. The highest BCUT2D eigenvalue weighted by atomic mass is 19.1. The molecule has 0 aliphatic rings. The van der Waals surface area contributed by atoms with E-state index in [4.69, 9.17) is 9.47 Å². The van der Waals surface area contributed by atoms with Gasteiger partial charge in [-0.2, -0.15) is 5.10 Å². The average Bonchev–Trinajstić information content (AvgIpc) is 3.23. The van der Waals surface area contributed by atoms with Crippen molar-refractivity contribution in [1.82, 2.24) is 25.1 Å². The van der Waals surface area contributed by atoms with Gasteiger partial charge < -0.3 is 20.1 Å². The van der Waals surface area contributed by atoms with E-state index in [0.717, 1.165) is 12.0 Å². The average molecular weight is 462 g/mol. The minimum absolute atomic E-state index is 0.0602. The number of benzene rings is 1. The van der Waals surface area contributed by atoms with Crippen LogP contribution < -0.4 is 20.1 Å². The van der Waals surface area contributed by atoms with E-state index in [-0.39, 0.29) is 18.3 Å². The van der Waals surface area contributed by atoms with Crippen molar-refractivity contribution in [2.45, 2.75) is 13.5 Å². The van der Waals surface area contributed by atoms with Gasteiger partial charge in [0.05, 0.1) is 19.5 Å². The van der Waals surface area contributed by atoms with Crippen molar-refractivity contribution in [3.8, 4) is 17.4 Å². The lowest BCUT2D eigenvalue weighted by Crippen LogP contribution is -2.24. The molecule has 1 aromatic carbocycles. The SMILES string of the molecule is COc1ncc(F)cc1CNC(=O)c1cccc(Oc2ccnc(Nc3ccnn3C)c2)c1C. The lowest BCUT2D eigenvalue weighted by molar-refractivity contribution is 0.0949. The second-order valence-electron chi connectivity index (χ2n) is 7.38. The Morgan fingerprint density at radius 1 is 1.15 bits per heavy atom. The summed E-state index contributed by atoms with van der Waals surface area (Å²) in [7, 11) is 3.26. The van der Waals surface area contributed by atoms with Crippen LogP contribution in [0.5, 0.6) is 17.4 Å². The fourth-order valence-electron chi connectivity index (χ4n) is 3.32. The molecule has 2 N–H and O–H groups in total. The first kappa shape index (κ1) is 22.7. The summed E-state index contributed by atoms with van der Waals surface area (Å²) < 4.78 is 26.4. The maximum atomic E-state index is 13.5. The molecule has 174 valence electrons. The molecule has 0 spiro atoms. The van der Waals surface area contributed by atoms with Crippen LogP contribution in [0.2, 0.25) is 0 Å². The highest BCUT2D eigenvalue weighted by Crippen LogP contribution is 2.29. The standard InChI is InChI=1S/C24H23FN6O3/c1-15-19(23(32)27-13-16-11-17(25)14-28-24(16)33-3)5-4-6-20(15)34-18-7-9-26-21(12-18)30-22-8-10-29-31(22)2/h4-12,14H,13H2,1-3H3,(H,26,30)(H,27,32). The van der Waals surface area contributed by atoms with Gasteiger partial charge in [0, 0.05) is 48.6 Å². The van der Waals surface area contributed by atoms with Gasteiger partial charge in [-0.1, -0.05) is 6.07 Å². The summed E-state index contributed by atoms with van der Waals surface area (Å²) in [5.41, 5.74) is 1.52. The summed E-state index contributed by atoms with van der Waals surface area (Å²) in [6.07, 6.45) is 4.37. The monoisotopic (exact) mass is 462 g/mol. The van der Waals surface area contributed by atoms with Crippen molar-refractivity contribution in [2.24, 2.45) is 7.05 Å². The van der Waals surface area contributed by atoms with E-state index in [9.17, 15) is 9.18 Å². The molecule has 0 aliphatic carbocycles. The number of hydrogen-bond donors (Lipinski definition) is 2. The van der Waals surface area contributed by atoms with Crippen molar-refractivity contribution < 1.29 is 18.7 Å². The number of rotatable bonds is 8. The lowest BCUT2D eigenvalue weighted by atomic mass is 10.1. The van der Waals surface area contributed by atoms with Crippen molar-refractivity contribution in [3.05, 3.63) is 83.6 Å². The molecule has 3 aromatic heterocycles. The quantitative estimate of drug-likeness (QED) is 0.406. The number of anilines is 2. The van der Waals surface area contributed by atoms with E-state index >= 15 is 0 Å². The molecule has 4 aromatic rings. The number of carbonyl (C=O) groups is 1. The molecule has 0 saturated carbocycles. The predicted octanol–water partition coefficient (Wildman–Crippen LogP) is 4.13. The van der Waals surface area contributed by atoms with E-state index in [1.54, 1.807) is 54.3 Å². The van der Waals surface area contributed by atoms with Crippen LogP contribution >= 0.6 is 0 Å². The molecule has 9 nitrogen and oxygen atoms in total. The van der Waals surface area contributed by atoms with Gasteiger partial charge in [-0.15, -0.1) is 0 Å². The molecule has 0 aliphatic heterocycles. The van der Waals surface area contributed by atoms with Crippen LogP contribution in [0.25, 0.3) is 0 Å². The molecule has 0 saturated heterocycles. The molecule has 4 rings (SSSR count). The lowest BCUT2D eigenvalue weighted by Gasteiger charge is -2.14. The molecule has 0 atom stereocenters. The van der Waals surface area contributed by atoms with Gasteiger partial charge in [0.2, 0.25) is 5.88 Å². The van der Waals surface area contributed by atoms with Crippen molar-refractivity contribution in [3.63, 3.8) is 0 Å². The van der Waals surface area contributed by atoms with Gasteiger partial charge in [-0.25, -0.2) is 14.4 Å². The number of hydrogen-bond acceptors (Lipinski definition) is 7. The topological polar surface area (TPSA) is 103 Å². The Hall–Kier alpha value is -4.47. The molecule has 34 heavy (non-hydrogen) atoms. The van der Waals surface area contributed by atoms with Gasteiger partial charge in [0.1, 0.15) is 29.0 Å². The fraction of sp³-hybridized carbons (Fsp3) is 0.167. The summed E-state index contributed by atoms with van der Waals surface area (Å²) >= 11 is 0. The molecular weight excluding hydrogens is 439 g/mol. The van der Waals surface area contributed by atoms with Crippen LogP contribution in [0.3, 0.4) is 0 Å². The summed E-state index contributed by atoms with van der Waals surface area (Å²) in [5, 5.41) is 10.1. The van der Waals surface area contributed by atoms with Gasteiger partial charge in [-0.05, 0) is 31.2 Å². The Bertz CT molecular complexity index is 1320. The second kappa shape index (κ2) is 9.99. The summed E-state index contributed by atoms with van der Waals surface area (Å²) in [6, 6.07) is 11.8. The Morgan fingerprint density at radius 2 is 2.00 bits per heavy atom. The number of methoxy groups -OCH3 is 1. The van der Waals surface area contributed by atoms with Gasteiger partial charge in [0.15, 0.2) is 0 Å². The number of amides is 1. The normalized spacial score (nSPS) is 10.6. The molecule has 0 fully saturated rings. The van der Waals surface area contributed by atoms with Crippen LogP contribution in [0.4, 0.5) is 16.0 Å². The summed E-state index contributed by atoms with van der Waals surface area (Å²) in [4.78, 5) is 21.0. The number of pyridine rings is 2. The highest BCUT2D eigenvalue weighted by Gasteiger charge is 2.15. The number of ether oxygens (including phenoxy) is 2. The first-order valence-electron chi connectivity index (χ1n) is 10.4. The minimum atomic E-state index is -0.508. The fourth-order valence-corrected chi connectivity index (χ4v) is 3.32. The Balaban J connectivity index is 1.48. The van der Waals surface area contributed by atoms with Crippen molar-refractivity contribution in [2.75, 3.05) is 12.4 Å². The summed E-state index contributed by atoms with van der Waals surface area (Å²) in [6.45, 7) is 1.86. The van der Waals surface area contributed by atoms with E-state index in [1.165, 1.54) is 13.2 Å². The first-order chi connectivity index (χ1) is 16.4. The minimum Gasteiger partial charge on any atom is -0.481 e. The third-order valence-corrected chi connectivity index (χ3v) is 5.09. The molecule has 1 amide bonds. The third-order valence-electron chi connectivity index (χ3n) is 5.09. The van der Waals surface area contributed by atoms with Crippen LogP contribution in [0, 0.1) is 12.7 Å². The zero-order valence-corrected chi connectivity index (χ0v) is 18.9. The smallest absolute Gasteiger partial charge is 0.251 e. The van der Waals surface area contributed by atoms with Crippen LogP contribution in [0.1, 0.15) is 21.5 Å². The molecule has 0 bridgehead atoms. The van der Waals surface area contributed by atoms with E-state index in [2.05, 4.69) is 25.7 Å². The zero-order valence-electron chi connectivity index (χ0n) is 18.9. The molecule has 0 unspecified atom stereocenters. The number of halogens is 1. The number of aromatic nitrogens is 4. The first-order valence-corrected chi connectivity index (χ1v) is 10.4. The summed E-state index contributed by atoms with van der Waals surface area (Å²) in [5.74, 6) is 1.86. The maximum Gasteiger partial charge on any atom is 0.251 e. The number of nitrogens with zero attached hydrogens (tertiary/aromatic N) is 4. The predicted molar refractivity (Wildman–Crippen MR) is 124 cm³/mol. The van der Waals surface area contributed by atoms with Gasteiger partial charge in [0.25, 0.3) is 5.91 Å². The van der Waals surface area contributed by atoms with Crippen LogP contribution in [-0.2, 0) is 13.6 Å².